The van der Waals surface area contributed by atoms with Crippen molar-refractivity contribution in [2.24, 2.45) is 5.41 Å². The van der Waals surface area contributed by atoms with E-state index in [1.54, 1.807) is 0 Å². The lowest BCUT2D eigenvalue weighted by Gasteiger charge is -2.39. The van der Waals surface area contributed by atoms with Crippen molar-refractivity contribution in [2.75, 3.05) is 66.1 Å². The Kier molecular flexibility index (Phi) is 5.28. The molecule has 0 spiro atoms. The van der Waals surface area contributed by atoms with Gasteiger partial charge in [0.1, 0.15) is 0 Å². The van der Waals surface area contributed by atoms with Crippen LogP contribution in [0.4, 0.5) is 13.2 Å². The van der Waals surface area contributed by atoms with Crippen LogP contribution in [0.15, 0.2) is 0 Å². The third-order valence-electron chi connectivity index (χ3n) is 4.16. The largest absolute Gasteiger partial charge is 0.401 e. The number of nitrogens with zero attached hydrogens (tertiary/aromatic N) is 2. The van der Waals surface area contributed by atoms with Crippen molar-refractivity contribution in [3.05, 3.63) is 0 Å². The van der Waals surface area contributed by atoms with Crippen molar-refractivity contribution in [1.82, 2.24) is 15.1 Å². The predicted octanol–water partition coefficient (Wildman–Crippen LogP) is 0.792. The summed E-state index contributed by atoms with van der Waals surface area (Å²) < 4.78 is 42.6. The lowest BCUT2D eigenvalue weighted by molar-refractivity contribution is -0.149. The fourth-order valence-electron chi connectivity index (χ4n) is 3.18. The van der Waals surface area contributed by atoms with Gasteiger partial charge in [-0.25, -0.2) is 0 Å². The maximum atomic E-state index is 12.3. The minimum atomic E-state index is -4.09. The van der Waals surface area contributed by atoms with Crippen LogP contribution in [0.1, 0.15) is 6.42 Å². The molecule has 0 aromatic carbocycles. The second-order valence-corrected chi connectivity index (χ2v) is 6.00. The molecule has 1 atom stereocenters. The average Bonchev–Trinajstić information content (AvgIpc) is 2.79. The molecule has 7 heteroatoms. The zero-order valence-electron chi connectivity index (χ0n) is 12.0. The van der Waals surface area contributed by atoms with Crippen LogP contribution in [-0.4, -0.2) is 82.1 Å². The molecule has 0 aliphatic carbocycles. The maximum absolute atomic E-state index is 12.3. The number of piperazine rings is 1. The molecule has 20 heavy (non-hydrogen) atoms. The summed E-state index contributed by atoms with van der Waals surface area (Å²) in [6.07, 6.45) is -3.06. The van der Waals surface area contributed by atoms with E-state index in [0.29, 0.717) is 26.2 Å². The molecule has 2 rings (SSSR count). The van der Waals surface area contributed by atoms with E-state index < -0.39 is 12.7 Å². The standard InChI is InChI=1S/C13H24F3N3O/c1-17-8-12(2-7-20-11-12)9-18-3-5-19(6-4-18)10-13(14,15)16/h17H,2-11H2,1H3. The molecular formula is C13H24F3N3O. The number of hydrogen-bond donors (Lipinski definition) is 1. The Morgan fingerprint density at radius 3 is 2.30 bits per heavy atom. The van der Waals surface area contributed by atoms with Gasteiger partial charge in [-0.15, -0.1) is 0 Å². The van der Waals surface area contributed by atoms with Gasteiger partial charge in [-0.2, -0.15) is 13.2 Å². The SMILES string of the molecule is CNCC1(CN2CCN(CC(F)(F)F)CC2)CCOC1. The molecule has 2 heterocycles. The molecule has 0 radical (unpaired) electrons. The van der Waals surface area contributed by atoms with E-state index in [0.717, 1.165) is 32.7 Å². The van der Waals surface area contributed by atoms with Crippen LogP contribution < -0.4 is 5.32 Å². The monoisotopic (exact) mass is 295 g/mol. The highest BCUT2D eigenvalue weighted by molar-refractivity contribution is 4.89. The average molecular weight is 295 g/mol. The fraction of sp³-hybridized carbons (Fsp3) is 1.00. The lowest BCUT2D eigenvalue weighted by atomic mass is 9.86. The number of rotatable bonds is 5. The van der Waals surface area contributed by atoms with Gasteiger partial charge in [-0.3, -0.25) is 4.90 Å². The normalized spacial score (nSPS) is 30.0. The number of alkyl halides is 3. The Morgan fingerprint density at radius 1 is 1.15 bits per heavy atom. The van der Waals surface area contributed by atoms with Crippen LogP contribution in [0.5, 0.6) is 0 Å². The van der Waals surface area contributed by atoms with Crippen LogP contribution in [0.25, 0.3) is 0 Å². The Morgan fingerprint density at radius 2 is 1.80 bits per heavy atom. The van der Waals surface area contributed by atoms with E-state index in [4.69, 9.17) is 4.74 Å². The Balaban J connectivity index is 1.78. The van der Waals surface area contributed by atoms with Crippen molar-refractivity contribution in [1.29, 1.82) is 0 Å². The van der Waals surface area contributed by atoms with E-state index in [1.807, 2.05) is 7.05 Å². The highest BCUT2D eigenvalue weighted by Crippen LogP contribution is 2.29. The van der Waals surface area contributed by atoms with E-state index >= 15 is 0 Å². The van der Waals surface area contributed by atoms with Crippen LogP contribution in [0.2, 0.25) is 0 Å². The number of nitrogens with one attached hydrogen (secondary N) is 1. The van der Waals surface area contributed by atoms with Gasteiger partial charge < -0.3 is 15.0 Å². The van der Waals surface area contributed by atoms with Gasteiger partial charge >= 0.3 is 6.18 Å². The van der Waals surface area contributed by atoms with Crippen LogP contribution in [0.3, 0.4) is 0 Å². The molecule has 0 aromatic heterocycles. The topological polar surface area (TPSA) is 27.7 Å². The van der Waals surface area contributed by atoms with Crippen molar-refractivity contribution >= 4 is 0 Å². The third-order valence-corrected chi connectivity index (χ3v) is 4.16. The minimum Gasteiger partial charge on any atom is -0.381 e. The van der Waals surface area contributed by atoms with Gasteiger partial charge in [0.05, 0.1) is 13.2 Å². The summed E-state index contributed by atoms with van der Waals surface area (Å²) in [6.45, 7) is 4.97. The first-order valence-electron chi connectivity index (χ1n) is 7.16. The smallest absolute Gasteiger partial charge is 0.381 e. The lowest BCUT2D eigenvalue weighted by Crippen LogP contribution is -2.53. The summed E-state index contributed by atoms with van der Waals surface area (Å²) in [7, 11) is 1.93. The first-order chi connectivity index (χ1) is 9.42. The van der Waals surface area contributed by atoms with E-state index in [2.05, 4.69) is 10.2 Å². The fourth-order valence-corrected chi connectivity index (χ4v) is 3.18. The van der Waals surface area contributed by atoms with Crippen LogP contribution >= 0.6 is 0 Å². The number of hydrogen-bond acceptors (Lipinski definition) is 4. The second kappa shape index (κ2) is 6.60. The highest BCUT2D eigenvalue weighted by Gasteiger charge is 2.37. The molecule has 4 nitrogen and oxygen atoms in total. The van der Waals surface area contributed by atoms with Gasteiger partial charge in [0, 0.05) is 51.3 Å². The van der Waals surface area contributed by atoms with Gasteiger partial charge in [0.2, 0.25) is 0 Å². The highest BCUT2D eigenvalue weighted by atomic mass is 19.4. The summed E-state index contributed by atoms with van der Waals surface area (Å²) in [5.74, 6) is 0. The molecule has 1 unspecified atom stereocenters. The molecular weight excluding hydrogens is 271 g/mol. The first-order valence-corrected chi connectivity index (χ1v) is 7.16. The van der Waals surface area contributed by atoms with E-state index in [9.17, 15) is 13.2 Å². The van der Waals surface area contributed by atoms with Crippen LogP contribution in [-0.2, 0) is 4.74 Å². The van der Waals surface area contributed by atoms with Crippen molar-refractivity contribution in [3.8, 4) is 0 Å². The number of ether oxygens (including phenoxy) is 1. The summed E-state index contributed by atoms with van der Waals surface area (Å²) in [5.41, 5.74) is 0.126. The number of halogens is 3. The summed E-state index contributed by atoms with van der Waals surface area (Å²) >= 11 is 0. The van der Waals surface area contributed by atoms with Gasteiger partial charge in [-0.05, 0) is 13.5 Å². The summed E-state index contributed by atoms with van der Waals surface area (Å²) in [6, 6.07) is 0. The molecule has 1 N–H and O–H groups in total. The molecule has 118 valence electrons. The Labute approximate surface area is 118 Å². The summed E-state index contributed by atoms with van der Waals surface area (Å²) in [4.78, 5) is 3.77. The van der Waals surface area contributed by atoms with E-state index in [-0.39, 0.29) is 5.41 Å². The summed E-state index contributed by atoms with van der Waals surface area (Å²) in [5, 5.41) is 3.21. The molecule has 0 aromatic rings. The molecule has 0 amide bonds. The van der Waals surface area contributed by atoms with Gasteiger partial charge in [0.25, 0.3) is 0 Å². The Bertz CT molecular complexity index is 298. The van der Waals surface area contributed by atoms with E-state index in [1.165, 1.54) is 4.90 Å². The second-order valence-electron chi connectivity index (χ2n) is 6.00. The predicted molar refractivity (Wildman–Crippen MR) is 70.7 cm³/mol. The molecule has 0 bridgehead atoms. The zero-order chi connectivity index (χ0) is 14.6. The quantitative estimate of drug-likeness (QED) is 0.812. The van der Waals surface area contributed by atoms with Crippen LogP contribution in [0, 0.1) is 5.41 Å². The first kappa shape index (κ1) is 16.0. The van der Waals surface area contributed by atoms with Crippen molar-refractivity contribution < 1.29 is 17.9 Å². The maximum Gasteiger partial charge on any atom is 0.401 e. The van der Waals surface area contributed by atoms with Gasteiger partial charge in [-0.1, -0.05) is 0 Å². The third kappa shape index (κ3) is 4.58. The minimum absolute atomic E-state index is 0.126. The molecule has 2 saturated heterocycles. The van der Waals surface area contributed by atoms with Crippen molar-refractivity contribution in [3.63, 3.8) is 0 Å². The Hall–Kier alpha value is -0.370. The molecule has 2 fully saturated rings. The molecule has 0 saturated carbocycles. The molecule has 2 aliphatic rings. The zero-order valence-corrected chi connectivity index (χ0v) is 12.0. The van der Waals surface area contributed by atoms with Crippen molar-refractivity contribution in [2.45, 2.75) is 12.6 Å². The van der Waals surface area contributed by atoms with Gasteiger partial charge in [0.15, 0.2) is 0 Å². The molecule has 2 aliphatic heterocycles.